The maximum atomic E-state index is 13.2. The van der Waals surface area contributed by atoms with Gasteiger partial charge in [0.2, 0.25) is 5.91 Å². The van der Waals surface area contributed by atoms with Crippen LogP contribution in [-0.2, 0) is 4.79 Å². The van der Waals surface area contributed by atoms with Gasteiger partial charge < -0.3 is 10.0 Å². The van der Waals surface area contributed by atoms with Crippen molar-refractivity contribution in [1.82, 2.24) is 4.90 Å². The third kappa shape index (κ3) is 4.91. The van der Waals surface area contributed by atoms with Crippen molar-refractivity contribution in [2.75, 3.05) is 7.05 Å². The second kappa shape index (κ2) is 9.07. The quantitative estimate of drug-likeness (QED) is 0.720. The molecule has 27 heavy (non-hydrogen) atoms. The van der Waals surface area contributed by atoms with Crippen LogP contribution >= 0.6 is 0 Å². The summed E-state index contributed by atoms with van der Waals surface area (Å²) in [4.78, 5) is 15.1. The Morgan fingerprint density at radius 1 is 1.07 bits per heavy atom. The molecule has 1 aliphatic rings. The molecule has 1 saturated carbocycles. The highest BCUT2D eigenvalue weighted by Crippen LogP contribution is 2.35. The van der Waals surface area contributed by atoms with E-state index in [0.717, 1.165) is 29.5 Å². The first-order chi connectivity index (χ1) is 13.1. The first-order valence-corrected chi connectivity index (χ1v) is 10.2. The molecule has 1 amide bonds. The SMILES string of the molecule is Cc1ccc(O)c(C(CC(=O)N(C)C2CCCCCC2)c2ccccc2)c1. The summed E-state index contributed by atoms with van der Waals surface area (Å²) in [6.07, 6.45) is 7.58. The van der Waals surface area contributed by atoms with Gasteiger partial charge in [0.1, 0.15) is 5.75 Å². The number of carbonyl (C=O) groups is 1. The molecule has 0 bridgehead atoms. The molecule has 1 unspecified atom stereocenters. The molecule has 3 heteroatoms. The van der Waals surface area contributed by atoms with Crippen molar-refractivity contribution in [2.24, 2.45) is 0 Å². The number of phenolic OH excluding ortho intramolecular Hbond substituents is 1. The van der Waals surface area contributed by atoms with E-state index in [4.69, 9.17) is 0 Å². The van der Waals surface area contributed by atoms with Gasteiger partial charge in [-0.2, -0.15) is 0 Å². The molecule has 1 N–H and O–H groups in total. The maximum absolute atomic E-state index is 13.2. The molecule has 144 valence electrons. The van der Waals surface area contributed by atoms with Crippen LogP contribution in [0.5, 0.6) is 5.75 Å². The van der Waals surface area contributed by atoms with Crippen LogP contribution < -0.4 is 0 Å². The van der Waals surface area contributed by atoms with Gasteiger partial charge in [0.05, 0.1) is 0 Å². The number of carbonyl (C=O) groups excluding carboxylic acids is 1. The van der Waals surface area contributed by atoms with E-state index in [1.807, 2.05) is 61.3 Å². The number of phenols is 1. The average Bonchev–Trinajstić information content (AvgIpc) is 2.97. The van der Waals surface area contributed by atoms with Crippen LogP contribution in [0.4, 0.5) is 0 Å². The summed E-state index contributed by atoms with van der Waals surface area (Å²) >= 11 is 0. The number of hydrogen-bond acceptors (Lipinski definition) is 2. The summed E-state index contributed by atoms with van der Waals surface area (Å²) in [5, 5.41) is 10.5. The number of amides is 1. The van der Waals surface area contributed by atoms with Gasteiger partial charge in [0.15, 0.2) is 0 Å². The van der Waals surface area contributed by atoms with Gasteiger partial charge in [-0.15, -0.1) is 0 Å². The molecule has 2 aromatic carbocycles. The second-order valence-corrected chi connectivity index (χ2v) is 7.88. The topological polar surface area (TPSA) is 40.5 Å². The van der Waals surface area contributed by atoms with E-state index in [2.05, 4.69) is 0 Å². The number of aromatic hydroxyl groups is 1. The first-order valence-electron chi connectivity index (χ1n) is 10.2. The first kappa shape index (κ1) is 19.5. The van der Waals surface area contributed by atoms with E-state index in [0.29, 0.717) is 12.5 Å². The van der Waals surface area contributed by atoms with Crippen LogP contribution in [0.15, 0.2) is 48.5 Å². The van der Waals surface area contributed by atoms with Crippen LogP contribution in [0.25, 0.3) is 0 Å². The van der Waals surface area contributed by atoms with E-state index in [1.54, 1.807) is 6.07 Å². The van der Waals surface area contributed by atoms with Gasteiger partial charge in [0, 0.05) is 31.0 Å². The van der Waals surface area contributed by atoms with E-state index >= 15 is 0 Å². The highest BCUT2D eigenvalue weighted by molar-refractivity contribution is 5.78. The fraction of sp³-hybridized carbons (Fsp3) is 0.458. The Labute approximate surface area is 163 Å². The van der Waals surface area contributed by atoms with E-state index in [-0.39, 0.29) is 17.6 Å². The zero-order valence-corrected chi connectivity index (χ0v) is 16.5. The predicted octanol–water partition coefficient (Wildman–Crippen LogP) is 5.40. The Kier molecular flexibility index (Phi) is 6.54. The molecule has 0 saturated heterocycles. The fourth-order valence-electron chi connectivity index (χ4n) is 4.21. The molecular formula is C24H31NO2. The van der Waals surface area contributed by atoms with Crippen molar-refractivity contribution >= 4 is 5.91 Å². The number of aryl methyl sites for hydroxylation is 1. The van der Waals surface area contributed by atoms with E-state index < -0.39 is 0 Å². The fourth-order valence-corrected chi connectivity index (χ4v) is 4.21. The van der Waals surface area contributed by atoms with Crippen molar-refractivity contribution in [1.29, 1.82) is 0 Å². The number of benzene rings is 2. The number of hydrogen-bond donors (Lipinski definition) is 1. The van der Waals surface area contributed by atoms with Gasteiger partial charge in [-0.1, -0.05) is 73.7 Å². The van der Waals surface area contributed by atoms with E-state index in [1.165, 1.54) is 25.7 Å². The minimum absolute atomic E-state index is 0.133. The monoisotopic (exact) mass is 365 g/mol. The standard InChI is InChI=1S/C24H31NO2/c1-18-14-15-23(26)22(16-18)21(19-10-6-5-7-11-19)17-24(27)25(2)20-12-8-3-4-9-13-20/h5-7,10-11,14-16,20-21,26H,3-4,8-9,12-13,17H2,1-2H3. The Balaban J connectivity index is 1.85. The molecule has 3 rings (SSSR count). The average molecular weight is 366 g/mol. The molecule has 0 aromatic heterocycles. The third-order valence-electron chi connectivity index (χ3n) is 5.90. The molecule has 1 fully saturated rings. The van der Waals surface area contributed by atoms with Crippen molar-refractivity contribution in [3.05, 3.63) is 65.2 Å². The van der Waals surface area contributed by atoms with Gasteiger partial charge in [-0.25, -0.2) is 0 Å². The molecule has 0 radical (unpaired) electrons. The minimum Gasteiger partial charge on any atom is -0.508 e. The van der Waals surface area contributed by atoms with E-state index in [9.17, 15) is 9.90 Å². The van der Waals surface area contributed by atoms with Crippen molar-refractivity contribution in [3.8, 4) is 5.75 Å². The predicted molar refractivity (Wildman–Crippen MR) is 110 cm³/mol. The zero-order chi connectivity index (χ0) is 19.2. The van der Waals surface area contributed by atoms with Crippen LogP contribution in [-0.4, -0.2) is 29.0 Å². The zero-order valence-electron chi connectivity index (χ0n) is 16.5. The van der Waals surface area contributed by atoms with Gasteiger partial charge in [-0.05, 0) is 31.4 Å². The Morgan fingerprint density at radius 2 is 1.74 bits per heavy atom. The lowest BCUT2D eigenvalue weighted by Crippen LogP contribution is -2.37. The summed E-state index contributed by atoms with van der Waals surface area (Å²) in [6.45, 7) is 2.02. The molecule has 0 heterocycles. The highest BCUT2D eigenvalue weighted by atomic mass is 16.3. The lowest BCUT2D eigenvalue weighted by molar-refractivity contribution is -0.132. The second-order valence-electron chi connectivity index (χ2n) is 7.88. The van der Waals surface area contributed by atoms with Crippen LogP contribution in [0.1, 0.15) is 67.6 Å². The van der Waals surface area contributed by atoms with Crippen molar-refractivity contribution < 1.29 is 9.90 Å². The Hall–Kier alpha value is -2.29. The summed E-state index contributed by atoms with van der Waals surface area (Å²) in [6, 6.07) is 16.1. The van der Waals surface area contributed by atoms with Crippen molar-refractivity contribution in [2.45, 2.75) is 63.8 Å². The minimum atomic E-state index is -0.133. The lowest BCUT2D eigenvalue weighted by Gasteiger charge is -2.29. The molecule has 0 aliphatic heterocycles. The van der Waals surface area contributed by atoms with Gasteiger partial charge in [-0.3, -0.25) is 4.79 Å². The van der Waals surface area contributed by atoms with Crippen LogP contribution in [0.2, 0.25) is 0 Å². The third-order valence-corrected chi connectivity index (χ3v) is 5.90. The molecule has 2 aromatic rings. The summed E-state index contributed by atoms with van der Waals surface area (Å²) < 4.78 is 0. The summed E-state index contributed by atoms with van der Waals surface area (Å²) in [7, 11) is 1.95. The molecular weight excluding hydrogens is 334 g/mol. The molecule has 1 atom stereocenters. The largest absolute Gasteiger partial charge is 0.508 e. The molecule has 3 nitrogen and oxygen atoms in total. The number of nitrogens with zero attached hydrogens (tertiary/aromatic N) is 1. The smallest absolute Gasteiger partial charge is 0.223 e. The summed E-state index contributed by atoms with van der Waals surface area (Å²) in [5.74, 6) is 0.294. The highest BCUT2D eigenvalue weighted by Gasteiger charge is 2.26. The summed E-state index contributed by atoms with van der Waals surface area (Å²) in [5.41, 5.74) is 3.00. The van der Waals surface area contributed by atoms with Crippen LogP contribution in [0.3, 0.4) is 0 Å². The maximum Gasteiger partial charge on any atom is 0.223 e. The number of rotatable bonds is 5. The Bertz CT molecular complexity index is 748. The lowest BCUT2D eigenvalue weighted by atomic mass is 9.86. The van der Waals surface area contributed by atoms with Crippen LogP contribution in [0, 0.1) is 6.92 Å². The molecule has 1 aliphatic carbocycles. The van der Waals surface area contributed by atoms with Crippen molar-refractivity contribution in [3.63, 3.8) is 0 Å². The molecule has 0 spiro atoms. The van der Waals surface area contributed by atoms with Gasteiger partial charge >= 0.3 is 0 Å². The van der Waals surface area contributed by atoms with Gasteiger partial charge in [0.25, 0.3) is 0 Å². The normalized spacial score (nSPS) is 16.5. The Morgan fingerprint density at radius 3 is 2.41 bits per heavy atom.